The largest absolute Gasteiger partial charge is 0.497 e. The summed E-state index contributed by atoms with van der Waals surface area (Å²) in [6.07, 6.45) is 1.18. The molecule has 1 unspecified atom stereocenters. The van der Waals surface area contributed by atoms with E-state index in [1.165, 1.54) is 11.5 Å². The molecule has 0 aromatic heterocycles. The van der Waals surface area contributed by atoms with E-state index in [2.05, 4.69) is 0 Å². The minimum absolute atomic E-state index is 0.151. The van der Waals surface area contributed by atoms with E-state index in [1.54, 1.807) is 31.4 Å². The van der Waals surface area contributed by atoms with E-state index in [0.29, 0.717) is 11.8 Å². The molecular weight excluding hydrogens is 313 g/mol. The van der Waals surface area contributed by atoms with Crippen LogP contribution in [0, 0.1) is 17.5 Å². The second-order valence-electron chi connectivity index (χ2n) is 4.46. The zero-order valence-electron chi connectivity index (χ0n) is 11.7. The van der Waals surface area contributed by atoms with E-state index in [9.17, 15) is 17.4 Å². The van der Waals surface area contributed by atoms with E-state index in [0.717, 1.165) is 11.6 Å². The summed E-state index contributed by atoms with van der Waals surface area (Å²) in [7, 11) is 0.143. The molecule has 0 radical (unpaired) electrons. The van der Waals surface area contributed by atoms with Gasteiger partial charge >= 0.3 is 0 Å². The van der Waals surface area contributed by atoms with Crippen LogP contribution in [-0.2, 0) is 16.6 Å². The first-order valence-electron chi connectivity index (χ1n) is 6.32. The molecule has 0 saturated heterocycles. The highest BCUT2D eigenvalue weighted by molar-refractivity contribution is 7.87. The molecule has 0 N–H and O–H groups in total. The molecule has 2 aromatic carbocycles. The molecule has 0 spiro atoms. The number of rotatable bonds is 5. The molecule has 0 bridgehead atoms. The van der Waals surface area contributed by atoms with Crippen molar-refractivity contribution in [1.82, 2.24) is 0 Å². The Kier molecular flexibility index (Phi) is 5.38. The lowest BCUT2D eigenvalue weighted by molar-refractivity contribution is 0.414. The lowest BCUT2D eigenvalue weighted by Crippen LogP contribution is -1.93. The zero-order chi connectivity index (χ0) is 16.1. The Morgan fingerprint density at radius 3 is 2.32 bits per heavy atom. The first-order chi connectivity index (χ1) is 10.5. The lowest BCUT2D eigenvalue weighted by Gasteiger charge is -2.02. The number of ether oxygens (including phenoxy) is 1. The molecule has 2 aromatic rings. The van der Waals surface area contributed by atoms with Crippen molar-refractivity contribution in [1.29, 1.82) is 0 Å². The van der Waals surface area contributed by atoms with Crippen LogP contribution in [0.5, 0.6) is 5.75 Å². The van der Waals surface area contributed by atoms with Gasteiger partial charge in [-0.05, 0) is 29.8 Å². The molecule has 1 atom stereocenters. The number of methoxy groups -OCH3 is 1. The molecule has 0 amide bonds. The van der Waals surface area contributed by atoms with Crippen LogP contribution in [0.2, 0.25) is 0 Å². The van der Waals surface area contributed by atoms with Crippen molar-refractivity contribution in [2.75, 3.05) is 7.11 Å². The van der Waals surface area contributed by atoms with Gasteiger partial charge in [-0.15, -0.1) is 0 Å². The van der Waals surface area contributed by atoms with Gasteiger partial charge in [0.25, 0.3) is 0 Å². The summed E-state index contributed by atoms with van der Waals surface area (Å²) in [6, 6.07) is 8.20. The van der Waals surface area contributed by atoms with Gasteiger partial charge in [-0.3, -0.25) is 4.21 Å². The predicted octanol–water partition coefficient (Wildman–Crippen LogP) is 4.03. The van der Waals surface area contributed by atoms with Gasteiger partial charge in [0.2, 0.25) is 0 Å². The summed E-state index contributed by atoms with van der Waals surface area (Å²) in [6.45, 7) is 0. The van der Waals surface area contributed by atoms with Gasteiger partial charge in [-0.2, -0.15) is 0 Å². The van der Waals surface area contributed by atoms with Crippen LogP contribution in [0.3, 0.4) is 0 Å². The van der Waals surface area contributed by atoms with Crippen molar-refractivity contribution in [2.24, 2.45) is 0 Å². The molecule has 0 aliphatic heterocycles. The van der Waals surface area contributed by atoms with Gasteiger partial charge in [0.05, 0.1) is 23.7 Å². The Labute approximate surface area is 128 Å². The topological polar surface area (TPSA) is 26.3 Å². The van der Waals surface area contributed by atoms with Gasteiger partial charge in [0.1, 0.15) is 11.6 Å². The first-order valence-corrected chi connectivity index (χ1v) is 7.70. The minimum atomic E-state index is -1.40. The first kappa shape index (κ1) is 16.3. The highest BCUT2D eigenvalue weighted by Crippen LogP contribution is 2.16. The molecule has 116 valence electrons. The van der Waals surface area contributed by atoms with E-state index < -0.39 is 28.3 Å². The molecule has 22 heavy (non-hydrogen) atoms. The van der Waals surface area contributed by atoms with Gasteiger partial charge in [0, 0.05) is 17.0 Å². The fraction of sp³-hybridized carbons (Fsp3) is 0.125. The molecule has 0 saturated carbocycles. The predicted molar refractivity (Wildman–Crippen MR) is 80.2 cm³/mol. The third kappa shape index (κ3) is 4.21. The summed E-state index contributed by atoms with van der Waals surface area (Å²) in [4.78, 5) is 0. The third-order valence-corrected chi connectivity index (χ3v) is 3.96. The van der Waals surface area contributed by atoms with Crippen LogP contribution in [-0.4, -0.2) is 11.3 Å². The van der Waals surface area contributed by atoms with E-state index in [4.69, 9.17) is 4.74 Å². The number of benzene rings is 2. The lowest BCUT2D eigenvalue weighted by atomic mass is 10.2. The van der Waals surface area contributed by atoms with Gasteiger partial charge in [0.15, 0.2) is 11.6 Å². The molecule has 0 aliphatic carbocycles. The molecule has 0 aliphatic rings. The quantitative estimate of drug-likeness (QED) is 0.776. The second-order valence-corrected chi connectivity index (χ2v) is 5.79. The number of halogens is 3. The number of hydrogen-bond acceptors (Lipinski definition) is 2. The molecule has 2 rings (SSSR count). The number of hydrogen-bond donors (Lipinski definition) is 0. The average Bonchev–Trinajstić information content (AvgIpc) is 2.50. The Morgan fingerprint density at radius 1 is 1.05 bits per heavy atom. The molecular formula is C16H13F3O2S. The SMILES string of the molecule is COc1ccc(CS(=O)/C=C/c2cc(F)c(F)cc2F)cc1. The van der Waals surface area contributed by atoms with Crippen LogP contribution < -0.4 is 4.74 Å². The van der Waals surface area contributed by atoms with E-state index in [-0.39, 0.29) is 11.3 Å². The smallest absolute Gasteiger partial charge is 0.161 e. The van der Waals surface area contributed by atoms with Crippen molar-refractivity contribution in [3.8, 4) is 5.75 Å². The molecule has 6 heteroatoms. The maximum Gasteiger partial charge on any atom is 0.161 e. The Hall–Kier alpha value is -2.08. The molecule has 0 heterocycles. The van der Waals surface area contributed by atoms with Crippen LogP contribution >= 0.6 is 0 Å². The van der Waals surface area contributed by atoms with Crippen molar-refractivity contribution >= 4 is 16.9 Å². The Bertz CT molecular complexity index is 712. The highest BCUT2D eigenvalue weighted by atomic mass is 32.2. The van der Waals surface area contributed by atoms with E-state index in [1.807, 2.05) is 0 Å². The molecule has 0 fully saturated rings. The summed E-state index contributed by atoms with van der Waals surface area (Å²) in [5, 5.41) is 1.25. The van der Waals surface area contributed by atoms with Crippen molar-refractivity contribution in [3.63, 3.8) is 0 Å². The molecule has 2 nitrogen and oxygen atoms in total. The van der Waals surface area contributed by atoms with Gasteiger partial charge in [-0.25, -0.2) is 13.2 Å². The van der Waals surface area contributed by atoms with Crippen LogP contribution in [0.1, 0.15) is 11.1 Å². The Morgan fingerprint density at radius 2 is 1.68 bits per heavy atom. The summed E-state index contributed by atoms with van der Waals surface area (Å²) in [5.41, 5.74) is 0.663. The van der Waals surface area contributed by atoms with Crippen molar-refractivity contribution < 1.29 is 22.1 Å². The fourth-order valence-electron chi connectivity index (χ4n) is 1.75. The third-order valence-electron chi connectivity index (χ3n) is 2.91. The summed E-state index contributed by atoms with van der Waals surface area (Å²) >= 11 is 0. The Balaban J connectivity index is 2.06. The maximum absolute atomic E-state index is 13.4. The van der Waals surface area contributed by atoms with Crippen molar-refractivity contribution in [3.05, 3.63) is 70.4 Å². The normalized spacial score (nSPS) is 12.5. The van der Waals surface area contributed by atoms with Crippen LogP contribution in [0.4, 0.5) is 13.2 Å². The van der Waals surface area contributed by atoms with Crippen LogP contribution in [0.15, 0.2) is 41.8 Å². The second kappa shape index (κ2) is 7.26. The zero-order valence-corrected chi connectivity index (χ0v) is 12.5. The average molecular weight is 326 g/mol. The van der Waals surface area contributed by atoms with Gasteiger partial charge in [-0.1, -0.05) is 12.1 Å². The highest BCUT2D eigenvalue weighted by Gasteiger charge is 2.08. The fourth-order valence-corrected chi connectivity index (χ4v) is 2.66. The summed E-state index contributed by atoms with van der Waals surface area (Å²) in [5.74, 6) is -2.40. The maximum atomic E-state index is 13.4. The van der Waals surface area contributed by atoms with Crippen molar-refractivity contribution in [2.45, 2.75) is 5.75 Å². The van der Waals surface area contributed by atoms with Gasteiger partial charge < -0.3 is 4.74 Å². The minimum Gasteiger partial charge on any atom is -0.497 e. The van der Waals surface area contributed by atoms with Crippen LogP contribution in [0.25, 0.3) is 6.08 Å². The van der Waals surface area contributed by atoms with E-state index >= 15 is 0 Å². The standard InChI is InChI=1S/C16H13F3O2S/c1-21-13-4-2-11(3-5-13)10-22(20)7-6-12-8-15(18)16(19)9-14(12)17/h2-9H,10H2,1H3/b7-6+. The summed E-state index contributed by atoms with van der Waals surface area (Å²) < 4.78 is 56.2. The monoisotopic (exact) mass is 326 g/mol.